The maximum absolute atomic E-state index is 14.3. The molecule has 0 aliphatic heterocycles. The van der Waals surface area contributed by atoms with Gasteiger partial charge in [-0.25, -0.2) is 8.78 Å². The molecule has 0 radical (unpaired) electrons. The normalized spacial score (nSPS) is 11.2. The lowest BCUT2D eigenvalue weighted by Gasteiger charge is -2.15. The van der Waals surface area contributed by atoms with Gasteiger partial charge < -0.3 is 4.90 Å². The highest BCUT2D eigenvalue weighted by atomic mass is 19.1. The molecule has 4 rings (SSSR count). The van der Waals surface area contributed by atoms with Gasteiger partial charge in [-0.3, -0.25) is 15.1 Å². The highest BCUT2D eigenvalue weighted by Crippen LogP contribution is 2.35. The minimum Gasteiger partial charge on any atom is -0.305 e. The van der Waals surface area contributed by atoms with Crippen molar-refractivity contribution in [1.82, 2.24) is 24.9 Å². The number of nitro benzene ring substituents is 1. The second-order valence-electron chi connectivity index (χ2n) is 7.74. The number of nitrogens with zero attached hydrogens (tertiary/aromatic N) is 6. The topological polar surface area (TPSA) is 90.0 Å². The van der Waals surface area contributed by atoms with E-state index in [0.717, 1.165) is 0 Å². The number of hydrogen-bond acceptors (Lipinski definition) is 6. The lowest BCUT2D eigenvalue weighted by molar-refractivity contribution is -0.385. The van der Waals surface area contributed by atoms with E-state index in [1.807, 2.05) is 0 Å². The van der Waals surface area contributed by atoms with E-state index in [-0.39, 0.29) is 29.8 Å². The Bertz CT molecular complexity index is 1270. The number of aromatic nitrogens is 4. The molecular formula is C23H20F2N6O2. The number of rotatable bonds is 7. The van der Waals surface area contributed by atoms with Gasteiger partial charge in [0.2, 0.25) is 0 Å². The van der Waals surface area contributed by atoms with Crippen LogP contribution in [0.2, 0.25) is 0 Å². The molecule has 2 heterocycles. The van der Waals surface area contributed by atoms with Crippen molar-refractivity contribution < 1.29 is 13.7 Å². The highest BCUT2D eigenvalue weighted by Gasteiger charge is 2.24. The van der Waals surface area contributed by atoms with E-state index in [2.05, 4.69) is 15.2 Å². The van der Waals surface area contributed by atoms with Crippen molar-refractivity contribution in [2.24, 2.45) is 0 Å². The third-order valence-electron chi connectivity index (χ3n) is 5.03. The smallest absolute Gasteiger partial charge is 0.283 e. The first-order valence-corrected chi connectivity index (χ1v) is 10.0. The molecule has 0 saturated carbocycles. The lowest BCUT2D eigenvalue weighted by atomic mass is 9.95. The lowest BCUT2D eigenvalue weighted by Crippen LogP contribution is -2.13. The molecule has 8 nitrogen and oxygen atoms in total. The van der Waals surface area contributed by atoms with E-state index in [1.54, 1.807) is 43.3 Å². The van der Waals surface area contributed by atoms with Gasteiger partial charge in [-0.05, 0) is 56.1 Å². The van der Waals surface area contributed by atoms with Crippen LogP contribution in [0.5, 0.6) is 0 Å². The second-order valence-corrected chi connectivity index (χ2v) is 7.74. The molecule has 0 aliphatic rings. The average molecular weight is 450 g/mol. The Morgan fingerprint density at radius 2 is 1.76 bits per heavy atom. The van der Waals surface area contributed by atoms with Gasteiger partial charge in [0.25, 0.3) is 5.69 Å². The van der Waals surface area contributed by atoms with E-state index in [0.29, 0.717) is 22.5 Å². The number of nitro groups is 1. The van der Waals surface area contributed by atoms with Crippen molar-refractivity contribution in [2.45, 2.75) is 13.0 Å². The van der Waals surface area contributed by atoms with Crippen LogP contribution in [0.15, 0.2) is 61.1 Å². The molecule has 0 saturated heterocycles. The summed E-state index contributed by atoms with van der Waals surface area (Å²) in [5, 5.41) is 20.1. The summed E-state index contributed by atoms with van der Waals surface area (Å²) < 4.78 is 28.5. The van der Waals surface area contributed by atoms with Crippen molar-refractivity contribution in [3.63, 3.8) is 0 Å². The van der Waals surface area contributed by atoms with Crippen LogP contribution in [0.3, 0.4) is 0 Å². The molecule has 10 heteroatoms. The number of benzene rings is 2. The minimum absolute atomic E-state index is 0.0563. The largest absolute Gasteiger partial charge is 0.305 e. The Morgan fingerprint density at radius 3 is 2.33 bits per heavy atom. The van der Waals surface area contributed by atoms with Crippen LogP contribution < -0.4 is 0 Å². The molecule has 0 bridgehead atoms. The predicted molar refractivity (Wildman–Crippen MR) is 118 cm³/mol. The maximum atomic E-state index is 14.3. The molecular weight excluding hydrogens is 430 g/mol. The third kappa shape index (κ3) is 4.75. The fourth-order valence-electron chi connectivity index (χ4n) is 3.65. The second kappa shape index (κ2) is 9.21. The van der Waals surface area contributed by atoms with Gasteiger partial charge >= 0.3 is 0 Å². The van der Waals surface area contributed by atoms with Crippen molar-refractivity contribution in [3.8, 4) is 16.9 Å². The summed E-state index contributed by atoms with van der Waals surface area (Å²) in [5.74, 6) is -1.34. The molecule has 168 valence electrons. The van der Waals surface area contributed by atoms with Crippen molar-refractivity contribution >= 4 is 5.69 Å². The Labute approximate surface area is 188 Å². The van der Waals surface area contributed by atoms with Crippen LogP contribution in [0.4, 0.5) is 14.5 Å². The average Bonchev–Trinajstić information content (AvgIpc) is 3.30. The molecule has 0 aliphatic carbocycles. The van der Waals surface area contributed by atoms with Gasteiger partial charge in [-0.1, -0.05) is 6.07 Å². The number of halogens is 2. The molecule has 0 atom stereocenters. The van der Waals surface area contributed by atoms with Gasteiger partial charge in [0.15, 0.2) is 0 Å². The van der Waals surface area contributed by atoms with E-state index < -0.39 is 16.6 Å². The van der Waals surface area contributed by atoms with Crippen LogP contribution >= 0.6 is 0 Å². The Balaban J connectivity index is 1.85. The van der Waals surface area contributed by atoms with Crippen LogP contribution in [-0.2, 0) is 13.0 Å². The minimum atomic E-state index is -0.668. The first kappa shape index (κ1) is 22.2. The molecule has 33 heavy (non-hydrogen) atoms. The summed E-state index contributed by atoms with van der Waals surface area (Å²) in [6.07, 6.45) is 4.50. The molecule has 0 unspecified atom stereocenters. The zero-order chi connectivity index (χ0) is 23.5. The standard InChI is InChI=1S/C23H20F2N6O2/c1-29(2)14-16-10-15(11-18-20(24)4-3-5-21(18)25)12-19(23(16)31(32)33)22-7-6-17(13-26-22)30-27-8-9-28-30/h3-10,12-13H,11,14H2,1-2H3. The Hall–Kier alpha value is -4.05. The zero-order valence-corrected chi connectivity index (χ0v) is 17.9. The van der Waals surface area contributed by atoms with Crippen LogP contribution in [0.1, 0.15) is 16.7 Å². The number of pyridine rings is 1. The SMILES string of the molecule is CN(C)Cc1cc(Cc2c(F)cccc2F)cc(-c2ccc(-n3nccn3)cn2)c1[N+](=O)[O-]. The fourth-order valence-corrected chi connectivity index (χ4v) is 3.65. The van der Waals surface area contributed by atoms with Gasteiger partial charge in [-0.2, -0.15) is 15.0 Å². The maximum Gasteiger partial charge on any atom is 0.283 e. The van der Waals surface area contributed by atoms with E-state index in [9.17, 15) is 18.9 Å². The van der Waals surface area contributed by atoms with Gasteiger partial charge in [-0.15, -0.1) is 0 Å². The molecule has 0 N–H and O–H groups in total. The van der Waals surface area contributed by atoms with E-state index >= 15 is 0 Å². The quantitative estimate of drug-likeness (QED) is 0.310. The highest BCUT2D eigenvalue weighted by molar-refractivity contribution is 5.74. The zero-order valence-electron chi connectivity index (χ0n) is 17.9. The predicted octanol–water partition coefficient (Wildman–Crippen LogP) is 4.17. The van der Waals surface area contributed by atoms with Crippen molar-refractivity contribution in [1.29, 1.82) is 0 Å². The van der Waals surface area contributed by atoms with E-state index in [1.165, 1.54) is 41.6 Å². The van der Waals surface area contributed by atoms with Crippen LogP contribution in [-0.4, -0.2) is 43.9 Å². The molecule has 0 amide bonds. The molecule has 0 spiro atoms. The summed E-state index contributed by atoms with van der Waals surface area (Å²) in [5.41, 5.74) is 1.98. The third-order valence-corrected chi connectivity index (χ3v) is 5.03. The molecule has 4 aromatic rings. The van der Waals surface area contributed by atoms with E-state index in [4.69, 9.17) is 0 Å². The molecule has 2 aromatic carbocycles. The molecule has 0 fully saturated rings. The monoisotopic (exact) mass is 450 g/mol. The van der Waals surface area contributed by atoms with Gasteiger partial charge in [0, 0.05) is 24.1 Å². The first-order chi connectivity index (χ1) is 15.8. The summed E-state index contributed by atoms with van der Waals surface area (Å²) in [6, 6.07) is 10.2. The van der Waals surface area contributed by atoms with Crippen molar-refractivity contribution in [2.75, 3.05) is 14.1 Å². The first-order valence-electron chi connectivity index (χ1n) is 10.0. The Morgan fingerprint density at radius 1 is 1.06 bits per heavy atom. The van der Waals surface area contributed by atoms with Gasteiger partial charge in [0.1, 0.15) is 17.3 Å². The number of hydrogen-bond donors (Lipinski definition) is 0. The molecule has 2 aromatic heterocycles. The summed E-state index contributed by atoms with van der Waals surface area (Å²) in [7, 11) is 3.58. The summed E-state index contributed by atoms with van der Waals surface area (Å²) in [6.45, 7) is 0.270. The summed E-state index contributed by atoms with van der Waals surface area (Å²) in [4.78, 5) is 19.1. The van der Waals surface area contributed by atoms with Crippen LogP contribution in [0.25, 0.3) is 16.9 Å². The van der Waals surface area contributed by atoms with Gasteiger partial charge in [0.05, 0.1) is 34.8 Å². The van der Waals surface area contributed by atoms with Crippen molar-refractivity contribution in [3.05, 3.63) is 99.5 Å². The van der Waals surface area contributed by atoms with Crippen LogP contribution in [0, 0.1) is 21.7 Å². The fraction of sp³-hybridized carbons (Fsp3) is 0.174. The summed E-state index contributed by atoms with van der Waals surface area (Å²) >= 11 is 0. The Kier molecular flexibility index (Phi) is 6.18.